The summed E-state index contributed by atoms with van der Waals surface area (Å²) in [6.45, 7) is 4.25. The molecule has 0 aliphatic carbocycles. The van der Waals surface area contributed by atoms with Crippen molar-refractivity contribution in [3.05, 3.63) is 29.8 Å². The molecule has 1 atom stereocenters. The molecule has 23 heavy (non-hydrogen) atoms. The molecule has 7 heteroatoms. The Bertz CT molecular complexity index is 613. The van der Waals surface area contributed by atoms with Crippen molar-refractivity contribution in [1.82, 2.24) is 9.21 Å². The normalized spacial score (nSPS) is 13.0. The lowest BCUT2D eigenvalue weighted by atomic mass is 10.1. The highest BCUT2D eigenvalue weighted by Crippen LogP contribution is 2.15. The van der Waals surface area contributed by atoms with E-state index in [-0.39, 0.29) is 18.5 Å². The van der Waals surface area contributed by atoms with Crippen LogP contribution in [0.15, 0.2) is 24.3 Å². The molecule has 0 N–H and O–H groups in total. The minimum atomic E-state index is -3.36. The number of carbonyl (C=O) groups excluding carboxylic acids is 1. The number of amides is 1. The third-order valence-electron chi connectivity index (χ3n) is 3.81. The van der Waals surface area contributed by atoms with Crippen LogP contribution < -0.4 is 4.74 Å². The summed E-state index contributed by atoms with van der Waals surface area (Å²) in [7, 11) is -0.330. The predicted octanol–water partition coefficient (Wildman–Crippen LogP) is 1.37. The fourth-order valence-electron chi connectivity index (χ4n) is 2.35. The SMILES string of the molecule is CCN(C(=O)CN(C)S(C)(=O)=O)[C@H](C)Cc1ccc(OC)cc1. The Morgan fingerprint density at radius 2 is 1.83 bits per heavy atom. The monoisotopic (exact) mass is 342 g/mol. The fraction of sp³-hybridized carbons (Fsp3) is 0.562. The molecule has 0 aliphatic heterocycles. The van der Waals surface area contributed by atoms with Crippen molar-refractivity contribution in [3.8, 4) is 5.75 Å². The number of hydrogen-bond donors (Lipinski definition) is 0. The minimum absolute atomic E-state index is 0.0196. The molecule has 0 aromatic heterocycles. The molecule has 0 unspecified atom stereocenters. The number of benzene rings is 1. The summed E-state index contributed by atoms with van der Waals surface area (Å²) in [5.41, 5.74) is 1.10. The summed E-state index contributed by atoms with van der Waals surface area (Å²) in [6, 6.07) is 7.69. The molecule has 1 aromatic carbocycles. The molecule has 1 aromatic rings. The largest absolute Gasteiger partial charge is 0.497 e. The van der Waals surface area contributed by atoms with Crippen molar-refractivity contribution in [1.29, 1.82) is 0 Å². The molecule has 1 rings (SSSR count). The molecule has 0 heterocycles. The molecule has 0 bridgehead atoms. The predicted molar refractivity (Wildman–Crippen MR) is 91.0 cm³/mol. The van der Waals surface area contributed by atoms with Gasteiger partial charge >= 0.3 is 0 Å². The first kappa shape index (κ1) is 19.4. The molecule has 0 saturated heterocycles. The van der Waals surface area contributed by atoms with Crippen LogP contribution in [-0.2, 0) is 21.2 Å². The summed E-state index contributed by atoms with van der Waals surface area (Å²) in [5, 5.41) is 0. The highest BCUT2D eigenvalue weighted by Gasteiger charge is 2.23. The number of carbonyl (C=O) groups is 1. The lowest BCUT2D eigenvalue weighted by molar-refractivity contribution is -0.132. The van der Waals surface area contributed by atoms with E-state index in [0.29, 0.717) is 13.0 Å². The van der Waals surface area contributed by atoms with Crippen molar-refractivity contribution >= 4 is 15.9 Å². The Kier molecular flexibility index (Phi) is 7.02. The maximum absolute atomic E-state index is 12.4. The lowest BCUT2D eigenvalue weighted by Crippen LogP contribution is -2.45. The first-order valence-corrected chi connectivity index (χ1v) is 9.37. The summed E-state index contributed by atoms with van der Waals surface area (Å²) in [6.07, 6.45) is 1.80. The first-order chi connectivity index (χ1) is 10.7. The van der Waals surface area contributed by atoms with Gasteiger partial charge in [-0.25, -0.2) is 8.42 Å². The van der Waals surface area contributed by atoms with Gasteiger partial charge in [-0.3, -0.25) is 4.79 Å². The van der Waals surface area contributed by atoms with Crippen LogP contribution in [0.1, 0.15) is 19.4 Å². The first-order valence-electron chi connectivity index (χ1n) is 7.52. The zero-order valence-corrected chi connectivity index (χ0v) is 15.3. The van der Waals surface area contributed by atoms with Gasteiger partial charge in [0.05, 0.1) is 19.9 Å². The van der Waals surface area contributed by atoms with Crippen LogP contribution in [0, 0.1) is 0 Å². The Morgan fingerprint density at radius 3 is 2.26 bits per heavy atom. The second-order valence-corrected chi connectivity index (χ2v) is 7.69. The molecule has 0 spiro atoms. The molecular weight excluding hydrogens is 316 g/mol. The summed E-state index contributed by atoms with van der Waals surface area (Å²) in [4.78, 5) is 14.1. The number of methoxy groups -OCH3 is 1. The summed E-state index contributed by atoms with van der Waals surface area (Å²) < 4.78 is 29.1. The highest BCUT2D eigenvalue weighted by atomic mass is 32.2. The lowest BCUT2D eigenvalue weighted by Gasteiger charge is -2.29. The van der Waals surface area contributed by atoms with Crippen LogP contribution in [0.2, 0.25) is 0 Å². The van der Waals surface area contributed by atoms with Crippen molar-refractivity contribution in [2.75, 3.05) is 33.5 Å². The summed E-state index contributed by atoms with van der Waals surface area (Å²) in [5.74, 6) is 0.598. The molecule has 0 aliphatic rings. The fourth-order valence-corrected chi connectivity index (χ4v) is 2.69. The number of ether oxygens (including phenoxy) is 1. The van der Waals surface area contributed by atoms with E-state index in [0.717, 1.165) is 21.9 Å². The molecule has 6 nitrogen and oxygen atoms in total. The number of rotatable bonds is 8. The van der Waals surface area contributed by atoms with E-state index in [1.54, 1.807) is 12.0 Å². The second kappa shape index (κ2) is 8.31. The Hall–Kier alpha value is -1.60. The van der Waals surface area contributed by atoms with E-state index >= 15 is 0 Å². The van der Waals surface area contributed by atoms with Gasteiger partial charge in [-0.15, -0.1) is 0 Å². The molecule has 0 fully saturated rings. The van der Waals surface area contributed by atoms with Gasteiger partial charge in [-0.2, -0.15) is 4.31 Å². The van der Waals surface area contributed by atoms with E-state index in [2.05, 4.69) is 0 Å². The van der Waals surface area contributed by atoms with Crippen LogP contribution >= 0.6 is 0 Å². The van der Waals surface area contributed by atoms with E-state index in [1.807, 2.05) is 38.1 Å². The van der Waals surface area contributed by atoms with Gasteiger partial charge in [0.1, 0.15) is 5.75 Å². The highest BCUT2D eigenvalue weighted by molar-refractivity contribution is 7.88. The number of hydrogen-bond acceptors (Lipinski definition) is 4. The van der Waals surface area contributed by atoms with Crippen LogP contribution in [0.4, 0.5) is 0 Å². The molecule has 130 valence electrons. The topological polar surface area (TPSA) is 66.9 Å². The van der Waals surface area contributed by atoms with Gasteiger partial charge in [0.25, 0.3) is 0 Å². The average Bonchev–Trinajstić information content (AvgIpc) is 2.47. The number of nitrogens with zero attached hydrogens (tertiary/aromatic N) is 2. The third kappa shape index (κ3) is 5.84. The zero-order chi connectivity index (χ0) is 17.6. The molecule has 0 radical (unpaired) electrons. The number of sulfonamides is 1. The van der Waals surface area contributed by atoms with E-state index in [9.17, 15) is 13.2 Å². The summed E-state index contributed by atoms with van der Waals surface area (Å²) >= 11 is 0. The van der Waals surface area contributed by atoms with Gasteiger partial charge in [0.2, 0.25) is 15.9 Å². The van der Waals surface area contributed by atoms with Crippen molar-refractivity contribution < 1.29 is 17.9 Å². The second-order valence-electron chi connectivity index (χ2n) is 5.60. The minimum Gasteiger partial charge on any atom is -0.497 e. The van der Waals surface area contributed by atoms with E-state index in [4.69, 9.17) is 4.74 Å². The van der Waals surface area contributed by atoms with Gasteiger partial charge < -0.3 is 9.64 Å². The van der Waals surface area contributed by atoms with Gasteiger partial charge in [0, 0.05) is 19.6 Å². The maximum atomic E-state index is 12.4. The van der Waals surface area contributed by atoms with Gasteiger partial charge in [-0.05, 0) is 38.0 Å². The van der Waals surface area contributed by atoms with E-state index in [1.165, 1.54) is 7.05 Å². The Morgan fingerprint density at radius 1 is 1.26 bits per heavy atom. The van der Waals surface area contributed by atoms with Crippen molar-refractivity contribution in [2.45, 2.75) is 26.3 Å². The van der Waals surface area contributed by atoms with Crippen LogP contribution in [0.3, 0.4) is 0 Å². The standard InChI is InChI=1S/C16H26N2O4S/c1-6-18(16(19)12-17(3)23(5,20)21)13(2)11-14-7-9-15(22-4)10-8-14/h7-10,13H,6,11-12H2,1-5H3/t13-/m1/s1. The van der Waals surface area contributed by atoms with Crippen molar-refractivity contribution in [3.63, 3.8) is 0 Å². The molecule has 1 amide bonds. The average molecular weight is 342 g/mol. The Labute approximate surface area is 139 Å². The smallest absolute Gasteiger partial charge is 0.238 e. The maximum Gasteiger partial charge on any atom is 0.238 e. The van der Waals surface area contributed by atoms with Crippen molar-refractivity contribution in [2.24, 2.45) is 0 Å². The third-order valence-corrected chi connectivity index (χ3v) is 5.07. The molecule has 0 saturated carbocycles. The van der Waals surface area contributed by atoms with Crippen LogP contribution in [0.25, 0.3) is 0 Å². The Balaban J connectivity index is 2.73. The molecular formula is C16H26N2O4S. The van der Waals surface area contributed by atoms with Gasteiger partial charge in [-0.1, -0.05) is 12.1 Å². The quantitative estimate of drug-likeness (QED) is 0.715. The number of likely N-dealkylation sites (N-methyl/N-ethyl adjacent to an activating group) is 2. The van der Waals surface area contributed by atoms with Crippen LogP contribution in [-0.4, -0.2) is 63.1 Å². The van der Waals surface area contributed by atoms with E-state index < -0.39 is 10.0 Å². The van der Waals surface area contributed by atoms with Gasteiger partial charge in [0.15, 0.2) is 0 Å². The van der Waals surface area contributed by atoms with Crippen LogP contribution in [0.5, 0.6) is 5.75 Å². The zero-order valence-electron chi connectivity index (χ0n) is 14.4.